The van der Waals surface area contributed by atoms with Crippen molar-refractivity contribution in [2.24, 2.45) is 7.05 Å². The van der Waals surface area contributed by atoms with E-state index in [1.165, 1.54) is 7.11 Å². The summed E-state index contributed by atoms with van der Waals surface area (Å²) in [6, 6.07) is 9.59. The Labute approximate surface area is 168 Å². The molecule has 28 heavy (non-hydrogen) atoms. The van der Waals surface area contributed by atoms with Gasteiger partial charge in [0.1, 0.15) is 6.67 Å². The number of carbonyl (C=O) groups excluding carboxylic acids is 1. The second kappa shape index (κ2) is 7.55. The number of pyridine rings is 1. The largest absolute Gasteiger partial charge is 0.465 e. The minimum atomic E-state index is -0.298. The predicted octanol–water partition coefficient (Wildman–Crippen LogP) is 3.21. The van der Waals surface area contributed by atoms with Gasteiger partial charge < -0.3 is 14.2 Å². The molecule has 0 amide bonds. The molecule has 0 fully saturated rings. The van der Waals surface area contributed by atoms with Crippen molar-refractivity contribution in [1.29, 1.82) is 0 Å². The second-order valence-corrected chi connectivity index (χ2v) is 7.07. The molecule has 0 aliphatic carbocycles. The van der Waals surface area contributed by atoms with Crippen LogP contribution in [0.15, 0.2) is 42.7 Å². The fourth-order valence-electron chi connectivity index (χ4n) is 3.64. The number of rotatable bonds is 4. The van der Waals surface area contributed by atoms with E-state index in [-0.39, 0.29) is 5.97 Å². The highest BCUT2D eigenvalue weighted by Crippen LogP contribution is 2.31. The fourth-order valence-corrected chi connectivity index (χ4v) is 3.83. The Balaban J connectivity index is 1.69. The molecule has 7 nitrogen and oxygen atoms in total. The van der Waals surface area contributed by atoms with E-state index in [4.69, 9.17) is 22.1 Å². The van der Waals surface area contributed by atoms with Crippen LogP contribution in [-0.2, 0) is 24.9 Å². The van der Waals surface area contributed by atoms with Crippen molar-refractivity contribution in [2.45, 2.75) is 19.5 Å². The Morgan fingerprint density at radius 1 is 1.25 bits per heavy atom. The first-order chi connectivity index (χ1) is 13.6. The summed E-state index contributed by atoms with van der Waals surface area (Å²) in [5, 5.41) is 4.73. The molecule has 3 aromatic rings. The summed E-state index contributed by atoms with van der Waals surface area (Å²) in [5.41, 5.74) is 3.66. The van der Waals surface area contributed by atoms with Gasteiger partial charge in [-0.1, -0.05) is 6.07 Å². The van der Waals surface area contributed by atoms with E-state index in [2.05, 4.69) is 9.88 Å². The molecule has 0 saturated heterocycles. The van der Waals surface area contributed by atoms with Crippen LogP contribution in [0.5, 0.6) is 0 Å². The van der Waals surface area contributed by atoms with Crippen molar-refractivity contribution in [2.75, 3.05) is 18.6 Å². The van der Waals surface area contributed by atoms with E-state index in [1.807, 2.05) is 46.6 Å². The third kappa shape index (κ3) is 3.20. The quantitative estimate of drug-likeness (QED) is 0.499. The molecule has 1 aromatic carbocycles. The lowest BCUT2D eigenvalue weighted by Gasteiger charge is -2.31. The van der Waals surface area contributed by atoms with E-state index in [9.17, 15) is 4.79 Å². The molecule has 0 atom stereocenters. The second-order valence-electron chi connectivity index (χ2n) is 6.70. The first kappa shape index (κ1) is 18.4. The van der Waals surface area contributed by atoms with E-state index in [1.54, 1.807) is 12.4 Å². The highest BCUT2D eigenvalue weighted by Gasteiger charge is 2.23. The molecule has 0 N–H and O–H groups in total. The number of anilines is 1. The zero-order valence-electron chi connectivity index (χ0n) is 15.8. The summed E-state index contributed by atoms with van der Waals surface area (Å²) < 4.78 is 9.31. The van der Waals surface area contributed by atoms with Crippen LogP contribution in [0.1, 0.15) is 22.3 Å². The number of fused-ring (bicyclic) bond motifs is 1. The Morgan fingerprint density at radius 2 is 2.04 bits per heavy atom. The number of esters is 1. The number of aromatic nitrogens is 4. The van der Waals surface area contributed by atoms with Crippen LogP contribution in [0, 0.1) is 4.77 Å². The summed E-state index contributed by atoms with van der Waals surface area (Å²) in [5.74, 6) is 0.501. The third-order valence-corrected chi connectivity index (χ3v) is 5.52. The topological polar surface area (TPSA) is 65.2 Å². The van der Waals surface area contributed by atoms with Crippen LogP contribution in [-0.4, -0.2) is 39.0 Å². The van der Waals surface area contributed by atoms with E-state index in [0.717, 1.165) is 42.0 Å². The van der Waals surface area contributed by atoms with Gasteiger partial charge in [-0.3, -0.25) is 4.98 Å². The molecular formula is C20H21N5O2S. The van der Waals surface area contributed by atoms with Gasteiger partial charge in [0.25, 0.3) is 0 Å². The number of benzene rings is 1. The maximum absolute atomic E-state index is 12.1. The zero-order chi connectivity index (χ0) is 19.7. The van der Waals surface area contributed by atoms with Crippen LogP contribution in [0.25, 0.3) is 11.4 Å². The molecule has 0 radical (unpaired) electrons. The van der Waals surface area contributed by atoms with Crippen LogP contribution in [0.4, 0.5) is 5.69 Å². The summed E-state index contributed by atoms with van der Waals surface area (Å²) in [6.45, 7) is 1.40. The van der Waals surface area contributed by atoms with E-state index in [0.29, 0.717) is 17.0 Å². The minimum Gasteiger partial charge on any atom is -0.465 e. The molecule has 144 valence electrons. The molecule has 2 aromatic heterocycles. The van der Waals surface area contributed by atoms with Crippen molar-refractivity contribution in [3.63, 3.8) is 0 Å². The smallest absolute Gasteiger partial charge is 0.338 e. The van der Waals surface area contributed by atoms with Gasteiger partial charge in [0.2, 0.25) is 0 Å². The first-order valence-electron chi connectivity index (χ1n) is 9.09. The van der Waals surface area contributed by atoms with Crippen molar-refractivity contribution in [3.8, 4) is 11.4 Å². The van der Waals surface area contributed by atoms with Crippen molar-refractivity contribution >= 4 is 23.9 Å². The molecule has 0 bridgehead atoms. The Hall–Kier alpha value is -3.00. The number of nitrogens with zero attached hydrogens (tertiary/aromatic N) is 5. The van der Waals surface area contributed by atoms with E-state index < -0.39 is 0 Å². The van der Waals surface area contributed by atoms with Gasteiger partial charge in [0.15, 0.2) is 10.6 Å². The first-order valence-corrected chi connectivity index (χ1v) is 9.50. The maximum atomic E-state index is 12.1. The Morgan fingerprint density at radius 3 is 2.79 bits per heavy atom. The molecule has 0 unspecified atom stereocenters. The monoisotopic (exact) mass is 395 g/mol. The molecule has 1 aliphatic heterocycles. The average molecular weight is 395 g/mol. The Kier molecular flexibility index (Phi) is 4.95. The Bertz CT molecular complexity index is 1070. The number of hydrogen-bond acceptors (Lipinski definition) is 6. The normalized spacial score (nSPS) is 13.3. The minimum absolute atomic E-state index is 0.298. The van der Waals surface area contributed by atoms with Crippen molar-refractivity contribution in [1.82, 2.24) is 19.3 Å². The number of methoxy groups -OCH3 is 1. The van der Waals surface area contributed by atoms with Crippen LogP contribution in [0.2, 0.25) is 0 Å². The van der Waals surface area contributed by atoms with Gasteiger partial charge >= 0.3 is 5.97 Å². The summed E-state index contributed by atoms with van der Waals surface area (Å²) in [4.78, 5) is 18.4. The standard InChI is InChI=1S/C20H21N5O2S/c1-23-18(14-8-10-21-11-9-14)22-25(20(23)28)13-24-12-4-6-15-16(19(26)27-2)5-3-7-17(15)24/h3,5,7-11H,4,6,12-13H2,1-2H3. The van der Waals surface area contributed by atoms with E-state index >= 15 is 0 Å². The average Bonchev–Trinajstić information content (AvgIpc) is 3.02. The summed E-state index contributed by atoms with van der Waals surface area (Å²) in [6.07, 6.45) is 5.30. The molecule has 0 saturated carbocycles. The van der Waals surface area contributed by atoms with Crippen LogP contribution in [0.3, 0.4) is 0 Å². The maximum Gasteiger partial charge on any atom is 0.338 e. The molecule has 1 aliphatic rings. The zero-order valence-corrected chi connectivity index (χ0v) is 16.6. The molecule has 3 heterocycles. The van der Waals surface area contributed by atoms with Crippen LogP contribution < -0.4 is 4.90 Å². The van der Waals surface area contributed by atoms with Gasteiger partial charge in [-0.15, -0.1) is 5.10 Å². The molecular weight excluding hydrogens is 374 g/mol. The number of carbonyl (C=O) groups is 1. The number of ether oxygens (including phenoxy) is 1. The van der Waals surface area contributed by atoms with Crippen molar-refractivity contribution < 1.29 is 9.53 Å². The van der Waals surface area contributed by atoms with Gasteiger partial charge in [-0.2, -0.15) is 0 Å². The van der Waals surface area contributed by atoms with Crippen LogP contribution >= 0.6 is 12.2 Å². The lowest BCUT2D eigenvalue weighted by Crippen LogP contribution is -2.32. The number of hydrogen-bond donors (Lipinski definition) is 0. The summed E-state index contributed by atoms with van der Waals surface area (Å²) >= 11 is 5.61. The fraction of sp³-hybridized carbons (Fsp3) is 0.300. The third-order valence-electron chi connectivity index (χ3n) is 5.04. The molecule has 0 spiro atoms. The lowest BCUT2D eigenvalue weighted by atomic mass is 9.96. The predicted molar refractivity (Wildman–Crippen MR) is 109 cm³/mol. The molecule has 8 heteroatoms. The van der Waals surface area contributed by atoms with Crippen molar-refractivity contribution in [3.05, 3.63) is 58.6 Å². The van der Waals surface area contributed by atoms with Gasteiger partial charge in [-0.25, -0.2) is 9.48 Å². The molecule has 4 rings (SSSR count). The lowest BCUT2D eigenvalue weighted by molar-refractivity contribution is 0.0599. The van der Waals surface area contributed by atoms with Gasteiger partial charge in [0.05, 0.1) is 12.7 Å². The summed E-state index contributed by atoms with van der Waals surface area (Å²) in [7, 11) is 3.33. The van der Waals surface area contributed by atoms with Gasteiger partial charge in [0, 0.05) is 37.2 Å². The van der Waals surface area contributed by atoms with Gasteiger partial charge in [-0.05, 0) is 54.9 Å². The SMILES string of the molecule is COC(=O)c1cccc2c1CCCN2Cn1nc(-c2ccncc2)n(C)c1=S. The highest BCUT2D eigenvalue weighted by molar-refractivity contribution is 7.71. The highest BCUT2D eigenvalue weighted by atomic mass is 32.1.